The van der Waals surface area contributed by atoms with Crippen LogP contribution >= 0.6 is 34.8 Å². The second-order valence-corrected chi connectivity index (χ2v) is 5.86. The van der Waals surface area contributed by atoms with Crippen LogP contribution in [0.5, 0.6) is 5.75 Å². The van der Waals surface area contributed by atoms with E-state index >= 15 is 0 Å². The SMILES string of the molecule is O=[N+]([O-])c1cncc(Cl)c1NCC(O)COc1cccc(Cl)c1Cl. The normalized spacial score (nSPS) is 11.8. The number of nitrogens with one attached hydrogen (secondary N) is 1. The largest absolute Gasteiger partial charge is 0.489 e. The van der Waals surface area contributed by atoms with Crippen molar-refractivity contribution >= 4 is 46.2 Å². The molecule has 2 aromatic rings. The van der Waals surface area contributed by atoms with Gasteiger partial charge in [0.05, 0.1) is 15.0 Å². The third kappa shape index (κ3) is 4.61. The first kappa shape index (κ1) is 18.5. The number of hydrogen-bond donors (Lipinski definition) is 2. The predicted octanol–water partition coefficient (Wildman–Crippen LogP) is 3.80. The lowest BCUT2D eigenvalue weighted by Crippen LogP contribution is -2.26. The number of aromatic nitrogens is 1. The molecule has 1 unspecified atom stereocenters. The first-order chi connectivity index (χ1) is 11.4. The Hall–Kier alpha value is -1.80. The number of aliphatic hydroxyl groups is 1. The van der Waals surface area contributed by atoms with Crippen LogP contribution in [0, 0.1) is 10.1 Å². The van der Waals surface area contributed by atoms with Crippen LogP contribution in [0.15, 0.2) is 30.6 Å². The van der Waals surface area contributed by atoms with E-state index in [-0.39, 0.29) is 34.6 Å². The average molecular weight is 393 g/mol. The molecule has 0 bridgehead atoms. The molecule has 1 heterocycles. The zero-order valence-electron chi connectivity index (χ0n) is 12.1. The molecule has 1 aromatic heterocycles. The summed E-state index contributed by atoms with van der Waals surface area (Å²) in [6.07, 6.45) is 1.37. The lowest BCUT2D eigenvalue weighted by molar-refractivity contribution is -0.384. The molecule has 1 atom stereocenters. The number of anilines is 1. The first-order valence-corrected chi connectivity index (χ1v) is 7.80. The molecular weight excluding hydrogens is 381 g/mol. The molecule has 2 N–H and O–H groups in total. The van der Waals surface area contributed by atoms with Crippen LogP contribution in [0.4, 0.5) is 11.4 Å². The van der Waals surface area contributed by atoms with Gasteiger partial charge in [-0.15, -0.1) is 0 Å². The summed E-state index contributed by atoms with van der Waals surface area (Å²) in [4.78, 5) is 14.0. The highest BCUT2D eigenvalue weighted by Gasteiger charge is 2.18. The Kier molecular flexibility index (Phi) is 6.44. The van der Waals surface area contributed by atoms with Crippen LogP contribution in [0.25, 0.3) is 0 Å². The zero-order valence-corrected chi connectivity index (χ0v) is 14.3. The molecule has 0 radical (unpaired) electrons. The van der Waals surface area contributed by atoms with Gasteiger partial charge in [0.1, 0.15) is 35.4 Å². The van der Waals surface area contributed by atoms with Gasteiger partial charge in [-0.05, 0) is 12.1 Å². The maximum Gasteiger partial charge on any atom is 0.311 e. The van der Waals surface area contributed by atoms with Crippen LogP contribution in [0.1, 0.15) is 0 Å². The van der Waals surface area contributed by atoms with Gasteiger partial charge in [-0.3, -0.25) is 15.1 Å². The van der Waals surface area contributed by atoms with E-state index in [0.29, 0.717) is 10.8 Å². The Bertz CT molecular complexity index is 745. The van der Waals surface area contributed by atoms with Crippen molar-refractivity contribution in [3.05, 3.63) is 55.8 Å². The Morgan fingerprint density at radius 3 is 2.75 bits per heavy atom. The minimum Gasteiger partial charge on any atom is -0.489 e. The summed E-state index contributed by atoms with van der Waals surface area (Å²) >= 11 is 17.7. The van der Waals surface area contributed by atoms with Crippen LogP contribution < -0.4 is 10.1 Å². The molecule has 0 fully saturated rings. The number of ether oxygens (including phenoxy) is 1. The van der Waals surface area contributed by atoms with Gasteiger partial charge >= 0.3 is 5.69 Å². The van der Waals surface area contributed by atoms with E-state index in [2.05, 4.69) is 10.3 Å². The second-order valence-electron chi connectivity index (χ2n) is 4.67. The Labute approximate surface area is 152 Å². The van der Waals surface area contributed by atoms with Crippen molar-refractivity contribution in [3.8, 4) is 5.75 Å². The molecule has 128 valence electrons. The van der Waals surface area contributed by atoms with E-state index in [0.717, 1.165) is 6.20 Å². The van der Waals surface area contributed by atoms with E-state index in [1.807, 2.05) is 0 Å². The highest BCUT2D eigenvalue weighted by atomic mass is 35.5. The van der Waals surface area contributed by atoms with Gasteiger partial charge in [0.2, 0.25) is 0 Å². The maximum atomic E-state index is 11.0. The van der Waals surface area contributed by atoms with Gasteiger partial charge < -0.3 is 15.2 Å². The monoisotopic (exact) mass is 391 g/mol. The van der Waals surface area contributed by atoms with E-state index in [1.54, 1.807) is 18.2 Å². The summed E-state index contributed by atoms with van der Waals surface area (Å²) < 4.78 is 5.39. The molecule has 0 aliphatic rings. The van der Waals surface area contributed by atoms with Gasteiger partial charge in [0.15, 0.2) is 0 Å². The van der Waals surface area contributed by atoms with E-state index in [1.165, 1.54) is 6.20 Å². The van der Waals surface area contributed by atoms with Crippen molar-refractivity contribution in [1.82, 2.24) is 4.98 Å². The predicted molar refractivity (Wildman–Crippen MR) is 92.4 cm³/mol. The number of nitrogens with zero attached hydrogens (tertiary/aromatic N) is 2. The summed E-state index contributed by atoms with van der Waals surface area (Å²) in [5, 5.41) is 24.3. The fraction of sp³-hybridized carbons (Fsp3) is 0.214. The minimum absolute atomic E-state index is 0.0250. The molecule has 0 saturated carbocycles. The summed E-state index contributed by atoms with van der Waals surface area (Å²) in [6, 6.07) is 4.88. The fourth-order valence-corrected chi connectivity index (χ4v) is 2.36. The summed E-state index contributed by atoms with van der Waals surface area (Å²) in [5.41, 5.74) is -0.204. The smallest absolute Gasteiger partial charge is 0.311 e. The van der Waals surface area contributed by atoms with Crippen molar-refractivity contribution in [3.63, 3.8) is 0 Å². The molecular formula is C14H12Cl3N3O4. The summed E-state index contributed by atoms with van der Waals surface area (Å²) in [7, 11) is 0. The second kappa shape index (κ2) is 8.34. The number of pyridine rings is 1. The van der Waals surface area contributed by atoms with Gasteiger partial charge in [0, 0.05) is 12.7 Å². The van der Waals surface area contributed by atoms with Crippen molar-refractivity contribution in [2.45, 2.75) is 6.10 Å². The Morgan fingerprint density at radius 2 is 2.04 bits per heavy atom. The molecule has 0 spiro atoms. The highest BCUT2D eigenvalue weighted by molar-refractivity contribution is 6.42. The molecule has 10 heteroatoms. The topological polar surface area (TPSA) is 97.5 Å². The standard InChI is InChI=1S/C14H12Cl3N3O4/c15-9-2-1-3-12(13(9)17)24-7-8(21)4-19-14-10(16)5-18-6-11(14)20(22)23/h1-3,5-6,8,21H,4,7H2,(H,18,19). The van der Waals surface area contributed by atoms with Crippen LogP contribution in [-0.4, -0.2) is 34.3 Å². The van der Waals surface area contributed by atoms with Gasteiger partial charge in [-0.2, -0.15) is 0 Å². The number of hydrogen-bond acceptors (Lipinski definition) is 6. The quantitative estimate of drug-likeness (QED) is 0.549. The van der Waals surface area contributed by atoms with Crippen LogP contribution in [0.2, 0.25) is 15.1 Å². The maximum absolute atomic E-state index is 11.0. The first-order valence-electron chi connectivity index (χ1n) is 6.66. The van der Waals surface area contributed by atoms with E-state index in [9.17, 15) is 15.2 Å². The summed E-state index contributed by atoms with van der Waals surface area (Å²) in [5.74, 6) is 0.330. The van der Waals surface area contributed by atoms with Crippen molar-refractivity contribution in [1.29, 1.82) is 0 Å². The summed E-state index contributed by atoms with van der Waals surface area (Å²) in [6.45, 7) is -0.119. The molecule has 7 nitrogen and oxygen atoms in total. The third-order valence-electron chi connectivity index (χ3n) is 2.94. The van der Waals surface area contributed by atoms with Crippen molar-refractivity contribution in [2.24, 2.45) is 0 Å². The van der Waals surface area contributed by atoms with Crippen LogP contribution in [0.3, 0.4) is 0 Å². The lowest BCUT2D eigenvalue weighted by Gasteiger charge is -2.15. The average Bonchev–Trinajstić information content (AvgIpc) is 2.54. The fourth-order valence-electron chi connectivity index (χ4n) is 1.80. The number of aliphatic hydroxyl groups excluding tert-OH is 1. The van der Waals surface area contributed by atoms with E-state index < -0.39 is 11.0 Å². The lowest BCUT2D eigenvalue weighted by atomic mass is 10.3. The molecule has 0 saturated heterocycles. The molecule has 0 aliphatic carbocycles. The number of nitro groups is 1. The Balaban J connectivity index is 1.96. The zero-order chi connectivity index (χ0) is 17.7. The minimum atomic E-state index is -0.969. The number of rotatable bonds is 7. The molecule has 2 rings (SSSR count). The van der Waals surface area contributed by atoms with Crippen LogP contribution in [-0.2, 0) is 0 Å². The van der Waals surface area contributed by atoms with E-state index in [4.69, 9.17) is 39.5 Å². The van der Waals surface area contributed by atoms with Crippen molar-refractivity contribution < 1.29 is 14.8 Å². The third-order valence-corrected chi connectivity index (χ3v) is 4.03. The molecule has 1 aromatic carbocycles. The number of halogens is 3. The van der Waals surface area contributed by atoms with Gasteiger partial charge in [-0.1, -0.05) is 40.9 Å². The van der Waals surface area contributed by atoms with Gasteiger partial charge in [0.25, 0.3) is 0 Å². The number of benzene rings is 1. The highest BCUT2D eigenvalue weighted by Crippen LogP contribution is 2.32. The molecule has 24 heavy (non-hydrogen) atoms. The molecule has 0 amide bonds. The molecule has 0 aliphatic heterocycles. The van der Waals surface area contributed by atoms with Gasteiger partial charge in [-0.25, -0.2) is 0 Å². The Morgan fingerprint density at radius 1 is 1.29 bits per heavy atom. The van der Waals surface area contributed by atoms with Crippen molar-refractivity contribution in [2.75, 3.05) is 18.5 Å².